The summed E-state index contributed by atoms with van der Waals surface area (Å²) >= 11 is 0. The molecule has 4 heteroatoms. The molecule has 0 aliphatic rings. The minimum absolute atomic E-state index is 0.180. The molecule has 94 valence electrons. The molecule has 0 bridgehead atoms. The van der Waals surface area contributed by atoms with Gasteiger partial charge in [-0.2, -0.15) is 0 Å². The zero-order valence-corrected chi connectivity index (χ0v) is 10.6. The summed E-state index contributed by atoms with van der Waals surface area (Å²) in [7, 11) is 0. The molecule has 0 unspecified atom stereocenters. The zero-order chi connectivity index (χ0) is 12.5. The lowest BCUT2D eigenvalue weighted by atomic mass is 10.3. The van der Waals surface area contributed by atoms with Crippen LogP contribution in [-0.4, -0.2) is 35.4 Å². The first kappa shape index (κ1) is 13.6. The third kappa shape index (κ3) is 4.95. The van der Waals surface area contributed by atoms with E-state index in [1.54, 1.807) is 6.20 Å². The third-order valence-corrected chi connectivity index (χ3v) is 2.58. The summed E-state index contributed by atoms with van der Waals surface area (Å²) in [6.07, 6.45) is 2.31. The summed E-state index contributed by atoms with van der Waals surface area (Å²) < 4.78 is 0. The number of hydrogen-bond donors (Lipinski definition) is 1. The fraction of sp³-hybridized carbons (Fsp3) is 0.538. The largest absolute Gasteiger partial charge is 0.337 e. The van der Waals surface area contributed by atoms with Gasteiger partial charge in [0.1, 0.15) is 0 Å². The van der Waals surface area contributed by atoms with Crippen LogP contribution in [-0.2, 0) is 11.3 Å². The molecule has 4 nitrogen and oxygen atoms in total. The van der Waals surface area contributed by atoms with Crippen molar-refractivity contribution in [3.8, 4) is 0 Å². The number of carbonyl (C=O) groups excluding carboxylic acids is 1. The molecule has 0 saturated heterocycles. The number of hydrogen-bond acceptors (Lipinski definition) is 3. The van der Waals surface area contributed by atoms with Crippen molar-refractivity contribution in [3.05, 3.63) is 30.1 Å². The van der Waals surface area contributed by atoms with E-state index in [0.29, 0.717) is 13.0 Å². The van der Waals surface area contributed by atoms with Crippen molar-refractivity contribution in [2.45, 2.75) is 26.8 Å². The summed E-state index contributed by atoms with van der Waals surface area (Å²) in [5.74, 6) is 0.180. The van der Waals surface area contributed by atoms with Crippen LogP contribution in [0.1, 0.15) is 26.0 Å². The molecule has 1 N–H and O–H groups in total. The number of pyridine rings is 1. The maximum Gasteiger partial charge on any atom is 0.224 e. The van der Waals surface area contributed by atoms with Gasteiger partial charge in [0.2, 0.25) is 5.91 Å². The van der Waals surface area contributed by atoms with Gasteiger partial charge in [0.25, 0.3) is 0 Å². The summed E-state index contributed by atoms with van der Waals surface area (Å²) in [5, 5.41) is 3.16. The number of nitrogens with zero attached hydrogens (tertiary/aromatic N) is 2. The van der Waals surface area contributed by atoms with Crippen molar-refractivity contribution in [3.63, 3.8) is 0 Å². The molecule has 17 heavy (non-hydrogen) atoms. The van der Waals surface area contributed by atoms with Crippen LogP contribution in [0.15, 0.2) is 24.4 Å². The third-order valence-electron chi connectivity index (χ3n) is 2.58. The maximum atomic E-state index is 11.9. The van der Waals surface area contributed by atoms with Gasteiger partial charge in [0, 0.05) is 25.7 Å². The Hall–Kier alpha value is -1.42. The van der Waals surface area contributed by atoms with E-state index in [-0.39, 0.29) is 5.91 Å². The molecular formula is C13H21N3O. The van der Waals surface area contributed by atoms with Crippen molar-refractivity contribution < 1.29 is 4.79 Å². The number of nitrogens with one attached hydrogen (secondary N) is 1. The van der Waals surface area contributed by atoms with Gasteiger partial charge in [0.05, 0.1) is 12.2 Å². The monoisotopic (exact) mass is 235 g/mol. The highest BCUT2D eigenvalue weighted by molar-refractivity contribution is 5.76. The second-order valence-electron chi connectivity index (χ2n) is 3.83. The van der Waals surface area contributed by atoms with Crippen LogP contribution in [0, 0.1) is 0 Å². The van der Waals surface area contributed by atoms with Crippen molar-refractivity contribution in [1.82, 2.24) is 15.2 Å². The standard InChI is InChI=1S/C13H21N3O/c1-3-14-10-8-13(17)16(4-2)11-12-7-5-6-9-15-12/h5-7,9,14H,3-4,8,10-11H2,1-2H3. The molecule has 0 atom stereocenters. The normalized spacial score (nSPS) is 10.2. The fourth-order valence-corrected chi connectivity index (χ4v) is 1.59. The molecule has 1 rings (SSSR count). The van der Waals surface area contributed by atoms with Gasteiger partial charge >= 0.3 is 0 Å². The predicted octanol–water partition coefficient (Wildman–Crippen LogP) is 1.43. The number of amides is 1. The predicted molar refractivity (Wildman–Crippen MR) is 68.5 cm³/mol. The van der Waals surface area contributed by atoms with E-state index < -0.39 is 0 Å². The van der Waals surface area contributed by atoms with Crippen LogP contribution in [0.3, 0.4) is 0 Å². The Morgan fingerprint density at radius 2 is 2.24 bits per heavy atom. The molecule has 1 aromatic heterocycles. The van der Waals surface area contributed by atoms with Crippen LogP contribution in [0.25, 0.3) is 0 Å². The molecule has 1 amide bonds. The molecule has 0 radical (unpaired) electrons. The first-order chi connectivity index (χ1) is 8.27. The highest BCUT2D eigenvalue weighted by Crippen LogP contribution is 2.02. The van der Waals surface area contributed by atoms with Gasteiger partial charge in [-0.1, -0.05) is 13.0 Å². The van der Waals surface area contributed by atoms with Gasteiger partial charge in [-0.15, -0.1) is 0 Å². The second kappa shape index (κ2) is 7.79. The highest BCUT2D eigenvalue weighted by atomic mass is 16.2. The van der Waals surface area contributed by atoms with Crippen molar-refractivity contribution >= 4 is 5.91 Å². The van der Waals surface area contributed by atoms with Crippen LogP contribution >= 0.6 is 0 Å². The number of aromatic nitrogens is 1. The van der Waals surface area contributed by atoms with Gasteiger partial charge in [-0.3, -0.25) is 9.78 Å². The molecule has 1 heterocycles. The second-order valence-corrected chi connectivity index (χ2v) is 3.83. The molecule has 0 spiro atoms. The maximum absolute atomic E-state index is 11.9. The van der Waals surface area contributed by atoms with Gasteiger partial charge < -0.3 is 10.2 Å². The van der Waals surface area contributed by atoms with E-state index >= 15 is 0 Å². The number of rotatable bonds is 7. The van der Waals surface area contributed by atoms with Crippen molar-refractivity contribution in [1.29, 1.82) is 0 Å². The minimum Gasteiger partial charge on any atom is -0.337 e. The van der Waals surface area contributed by atoms with E-state index in [1.807, 2.05) is 36.9 Å². The smallest absolute Gasteiger partial charge is 0.224 e. The SMILES string of the molecule is CCNCCC(=O)N(CC)Cc1ccccn1. The first-order valence-electron chi connectivity index (χ1n) is 6.16. The molecular weight excluding hydrogens is 214 g/mol. The fourth-order valence-electron chi connectivity index (χ4n) is 1.59. The lowest BCUT2D eigenvalue weighted by Crippen LogP contribution is -2.32. The summed E-state index contributed by atoms with van der Waals surface area (Å²) in [6, 6.07) is 5.77. The van der Waals surface area contributed by atoms with Gasteiger partial charge in [0.15, 0.2) is 0 Å². The molecule has 0 saturated carbocycles. The summed E-state index contributed by atoms with van der Waals surface area (Å²) in [4.78, 5) is 18.0. The van der Waals surface area contributed by atoms with E-state index in [1.165, 1.54) is 0 Å². The Bertz CT molecular complexity index is 327. The molecule has 0 aliphatic carbocycles. The Labute approximate surface area is 103 Å². The Balaban J connectivity index is 2.45. The lowest BCUT2D eigenvalue weighted by molar-refractivity contribution is -0.131. The minimum atomic E-state index is 0.180. The topological polar surface area (TPSA) is 45.2 Å². The lowest BCUT2D eigenvalue weighted by Gasteiger charge is -2.20. The average molecular weight is 235 g/mol. The van der Waals surface area contributed by atoms with E-state index in [2.05, 4.69) is 10.3 Å². The van der Waals surface area contributed by atoms with Crippen LogP contribution < -0.4 is 5.32 Å². The molecule has 0 aliphatic heterocycles. The Morgan fingerprint density at radius 1 is 1.41 bits per heavy atom. The average Bonchev–Trinajstić information content (AvgIpc) is 2.37. The van der Waals surface area contributed by atoms with E-state index in [9.17, 15) is 4.79 Å². The quantitative estimate of drug-likeness (QED) is 0.727. The first-order valence-corrected chi connectivity index (χ1v) is 6.16. The zero-order valence-electron chi connectivity index (χ0n) is 10.6. The van der Waals surface area contributed by atoms with Crippen LogP contribution in [0.2, 0.25) is 0 Å². The van der Waals surface area contributed by atoms with Crippen molar-refractivity contribution in [2.75, 3.05) is 19.6 Å². The van der Waals surface area contributed by atoms with Crippen LogP contribution in [0.4, 0.5) is 0 Å². The van der Waals surface area contributed by atoms with E-state index in [4.69, 9.17) is 0 Å². The van der Waals surface area contributed by atoms with E-state index in [0.717, 1.165) is 25.3 Å². The molecule has 0 aromatic carbocycles. The van der Waals surface area contributed by atoms with Gasteiger partial charge in [-0.05, 0) is 25.6 Å². The summed E-state index contributed by atoms with van der Waals surface area (Å²) in [5.41, 5.74) is 0.936. The summed E-state index contributed by atoms with van der Waals surface area (Å²) in [6.45, 7) is 7.00. The van der Waals surface area contributed by atoms with Crippen LogP contribution in [0.5, 0.6) is 0 Å². The highest BCUT2D eigenvalue weighted by Gasteiger charge is 2.11. The Kier molecular flexibility index (Phi) is 6.25. The Morgan fingerprint density at radius 3 is 2.82 bits per heavy atom. The number of carbonyl (C=O) groups is 1. The molecule has 0 fully saturated rings. The molecule has 1 aromatic rings. The van der Waals surface area contributed by atoms with Gasteiger partial charge in [-0.25, -0.2) is 0 Å². The van der Waals surface area contributed by atoms with Crippen molar-refractivity contribution in [2.24, 2.45) is 0 Å².